The zero-order valence-electron chi connectivity index (χ0n) is 16.8. The molecule has 30 heavy (non-hydrogen) atoms. The molecule has 0 atom stereocenters. The number of anilines is 1. The first kappa shape index (κ1) is 21.3. The van der Waals surface area contributed by atoms with Crippen LogP contribution in [0.2, 0.25) is 0 Å². The molecule has 3 aromatic rings. The molecule has 0 radical (unpaired) electrons. The van der Waals surface area contributed by atoms with Gasteiger partial charge >= 0.3 is 0 Å². The van der Waals surface area contributed by atoms with E-state index in [-0.39, 0.29) is 12.5 Å². The van der Waals surface area contributed by atoms with Crippen molar-refractivity contribution in [2.45, 2.75) is 13.5 Å². The number of hydrazone groups is 1. The predicted molar refractivity (Wildman–Crippen MR) is 120 cm³/mol. The van der Waals surface area contributed by atoms with Gasteiger partial charge in [0, 0.05) is 5.56 Å². The fourth-order valence-corrected chi connectivity index (χ4v) is 3.70. The summed E-state index contributed by atoms with van der Waals surface area (Å²) in [6, 6.07) is 23.5. The molecule has 0 bridgehead atoms. The number of carbonyl (C=O) groups excluding carboxylic acids is 1. The maximum Gasteiger partial charge on any atom is 0.271 e. The Labute approximate surface area is 176 Å². The number of aryl methyl sites for hydroxylation is 1. The molecular formula is C23H23N3O3S. The molecule has 154 valence electrons. The maximum absolute atomic E-state index is 12.3. The largest absolute Gasteiger partial charge is 0.271 e. The van der Waals surface area contributed by atoms with Crippen molar-refractivity contribution in [3.63, 3.8) is 0 Å². The van der Waals surface area contributed by atoms with Crippen LogP contribution in [0.3, 0.4) is 0 Å². The van der Waals surface area contributed by atoms with Crippen LogP contribution in [0.4, 0.5) is 5.69 Å². The van der Waals surface area contributed by atoms with Gasteiger partial charge in [-0.05, 0) is 42.3 Å². The highest BCUT2D eigenvalue weighted by Crippen LogP contribution is 2.21. The third kappa shape index (κ3) is 5.78. The lowest BCUT2D eigenvalue weighted by atomic mass is 10.2. The number of hydrogen-bond acceptors (Lipinski definition) is 4. The van der Waals surface area contributed by atoms with Crippen LogP contribution in [-0.4, -0.2) is 26.8 Å². The van der Waals surface area contributed by atoms with Gasteiger partial charge < -0.3 is 0 Å². The molecule has 3 aromatic carbocycles. The molecule has 0 fully saturated rings. The SMILES string of the molecule is Cc1ccc(/C=N\NC(=O)c2ccc(N(Cc3ccccc3)S(C)(=O)=O)cc2)cc1. The summed E-state index contributed by atoms with van der Waals surface area (Å²) in [6.07, 6.45) is 2.73. The highest BCUT2D eigenvalue weighted by Gasteiger charge is 2.18. The average molecular weight is 422 g/mol. The van der Waals surface area contributed by atoms with Gasteiger partial charge in [0.15, 0.2) is 0 Å². The van der Waals surface area contributed by atoms with Crippen molar-refractivity contribution in [3.05, 3.63) is 101 Å². The highest BCUT2D eigenvalue weighted by molar-refractivity contribution is 7.92. The molecule has 0 aromatic heterocycles. The molecule has 0 unspecified atom stereocenters. The zero-order chi connectivity index (χ0) is 21.6. The standard InChI is InChI=1S/C23H23N3O3S/c1-18-8-10-19(11-9-18)16-24-25-23(27)21-12-14-22(15-13-21)26(30(2,28)29)17-20-6-4-3-5-7-20/h3-16H,17H2,1-2H3,(H,25,27)/b24-16-. The molecule has 7 heteroatoms. The minimum absolute atomic E-state index is 0.214. The second-order valence-corrected chi connectivity index (χ2v) is 8.82. The minimum Gasteiger partial charge on any atom is -0.267 e. The monoisotopic (exact) mass is 421 g/mol. The Bertz CT molecular complexity index is 1120. The summed E-state index contributed by atoms with van der Waals surface area (Å²) in [5.74, 6) is -0.376. The first-order chi connectivity index (χ1) is 14.3. The van der Waals surface area contributed by atoms with E-state index < -0.39 is 10.0 Å². The van der Waals surface area contributed by atoms with Crippen LogP contribution < -0.4 is 9.73 Å². The molecular weight excluding hydrogens is 398 g/mol. The van der Waals surface area contributed by atoms with Crippen LogP contribution >= 0.6 is 0 Å². The van der Waals surface area contributed by atoms with E-state index in [9.17, 15) is 13.2 Å². The first-order valence-electron chi connectivity index (χ1n) is 9.35. The van der Waals surface area contributed by atoms with E-state index in [1.54, 1.807) is 30.5 Å². The molecule has 0 aliphatic heterocycles. The van der Waals surface area contributed by atoms with Crippen molar-refractivity contribution in [1.82, 2.24) is 5.43 Å². The van der Waals surface area contributed by atoms with Crippen LogP contribution in [0.1, 0.15) is 27.0 Å². The van der Waals surface area contributed by atoms with Gasteiger partial charge in [-0.2, -0.15) is 5.10 Å². The lowest BCUT2D eigenvalue weighted by molar-refractivity contribution is 0.0955. The number of hydrogen-bond donors (Lipinski definition) is 1. The van der Waals surface area contributed by atoms with Gasteiger partial charge in [-0.3, -0.25) is 9.10 Å². The van der Waals surface area contributed by atoms with Crippen molar-refractivity contribution in [3.8, 4) is 0 Å². The summed E-state index contributed by atoms with van der Waals surface area (Å²) < 4.78 is 25.9. The quantitative estimate of drug-likeness (QED) is 0.466. The third-order valence-electron chi connectivity index (χ3n) is 4.44. The molecule has 0 spiro atoms. The van der Waals surface area contributed by atoms with Crippen LogP contribution in [0.5, 0.6) is 0 Å². The zero-order valence-corrected chi connectivity index (χ0v) is 17.6. The molecule has 0 saturated heterocycles. The number of amides is 1. The number of nitrogens with zero attached hydrogens (tertiary/aromatic N) is 2. The Morgan fingerprint density at radius 1 is 0.967 bits per heavy atom. The van der Waals surface area contributed by atoms with E-state index in [4.69, 9.17) is 0 Å². The molecule has 0 aliphatic carbocycles. The van der Waals surface area contributed by atoms with E-state index in [1.165, 1.54) is 4.31 Å². The third-order valence-corrected chi connectivity index (χ3v) is 5.58. The van der Waals surface area contributed by atoms with E-state index in [2.05, 4.69) is 10.5 Å². The summed E-state index contributed by atoms with van der Waals surface area (Å²) in [4.78, 5) is 12.3. The molecule has 1 N–H and O–H groups in total. The van der Waals surface area contributed by atoms with Crippen molar-refractivity contribution in [1.29, 1.82) is 0 Å². The Hall–Kier alpha value is -3.45. The van der Waals surface area contributed by atoms with Crippen molar-refractivity contribution in [2.24, 2.45) is 5.10 Å². The summed E-state index contributed by atoms with van der Waals surface area (Å²) in [5, 5.41) is 3.97. The van der Waals surface area contributed by atoms with Crippen molar-refractivity contribution < 1.29 is 13.2 Å². The number of benzene rings is 3. The molecule has 0 saturated carbocycles. The van der Waals surface area contributed by atoms with Crippen molar-refractivity contribution >= 4 is 27.8 Å². The smallest absolute Gasteiger partial charge is 0.267 e. The minimum atomic E-state index is -3.49. The van der Waals surface area contributed by atoms with Crippen molar-refractivity contribution in [2.75, 3.05) is 10.6 Å². The average Bonchev–Trinajstić information content (AvgIpc) is 2.73. The molecule has 1 amide bonds. The summed E-state index contributed by atoms with van der Waals surface area (Å²) in [7, 11) is -3.49. The van der Waals surface area contributed by atoms with Gasteiger partial charge in [-0.15, -0.1) is 0 Å². The first-order valence-corrected chi connectivity index (χ1v) is 11.2. The number of carbonyl (C=O) groups is 1. The van der Waals surface area contributed by atoms with E-state index in [1.807, 2.05) is 61.5 Å². The van der Waals surface area contributed by atoms with Gasteiger partial charge in [0.2, 0.25) is 10.0 Å². The van der Waals surface area contributed by atoms with Gasteiger partial charge in [0.25, 0.3) is 5.91 Å². The van der Waals surface area contributed by atoms with E-state index in [0.717, 1.165) is 22.9 Å². The topological polar surface area (TPSA) is 78.8 Å². The Kier molecular flexibility index (Phi) is 6.64. The Balaban J connectivity index is 1.70. The lowest BCUT2D eigenvalue weighted by Crippen LogP contribution is -2.29. The molecule has 3 rings (SSSR count). The van der Waals surface area contributed by atoms with E-state index >= 15 is 0 Å². The normalized spacial score (nSPS) is 11.4. The second kappa shape index (κ2) is 9.37. The number of rotatable bonds is 7. The fraction of sp³-hybridized carbons (Fsp3) is 0.130. The molecule has 0 aliphatic rings. The van der Waals surface area contributed by atoms with Gasteiger partial charge in [-0.1, -0.05) is 60.2 Å². The van der Waals surface area contributed by atoms with E-state index in [0.29, 0.717) is 11.3 Å². The van der Waals surface area contributed by atoms with Crippen LogP contribution in [-0.2, 0) is 16.6 Å². The number of sulfonamides is 1. The van der Waals surface area contributed by atoms with Gasteiger partial charge in [0.1, 0.15) is 0 Å². The lowest BCUT2D eigenvalue weighted by Gasteiger charge is -2.22. The van der Waals surface area contributed by atoms with Gasteiger partial charge in [-0.25, -0.2) is 13.8 Å². The predicted octanol–water partition coefficient (Wildman–Crippen LogP) is 3.73. The Morgan fingerprint density at radius 2 is 1.60 bits per heavy atom. The Morgan fingerprint density at radius 3 is 2.20 bits per heavy atom. The fourth-order valence-electron chi connectivity index (χ4n) is 2.81. The summed E-state index contributed by atoms with van der Waals surface area (Å²) in [6.45, 7) is 2.21. The van der Waals surface area contributed by atoms with Crippen LogP contribution in [0.25, 0.3) is 0 Å². The summed E-state index contributed by atoms with van der Waals surface area (Å²) in [5.41, 5.74) is 6.24. The number of nitrogens with one attached hydrogen (secondary N) is 1. The van der Waals surface area contributed by atoms with Gasteiger partial charge in [0.05, 0.1) is 24.7 Å². The molecule has 6 nitrogen and oxygen atoms in total. The second-order valence-electron chi connectivity index (χ2n) is 6.91. The van der Waals surface area contributed by atoms with Crippen LogP contribution in [0, 0.1) is 6.92 Å². The summed E-state index contributed by atoms with van der Waals surface area (Å²) >= 11 is 0. The highest BCUT2D eigenvalue weighted by atomic mass is 32.2. The van der Waals surface area contributed by atoms with Crippen LogP contribution in [0.15, 0.2) is 84.0 Å². The maximum atomic E-state index is 12.3. The molecule has 0 heterocycles.